The van der Waals surface area contributed by atoms with Crippen LogP contribution in [-0.4, -0.2) is 31.8 Å². The SMILES string of the molecule is CCOC(=O)C(N=O)NC(=O)c1ccc(OC)cc1. The molecule has 7 heteroatoms. The number of nitroso groups, excluding NO2 is 1. The van der Waals surface area contributed by atoms with E-state index in [9.17, 15) is 14.5 Å². The number of ether oxygens (including phenoxy) is 2. The molecule has 0 fully saturated rings. The van der Waals surface area contributed by atoms with E-state index in [2.05, 4.69) is 15.2 Å². The number of rotatable bonds is 6. The first-order valence-corrected chi connectivity index (χ1v) is 5.56. The first kappa shape index (κ1) is 14.6. The summed E-state index contributed by atoms with van der Waals surface area (Å²) in [4.78, 5) is 33.6. The van der Waals surface area contributed by atoms with Gasteiger partial charge in [0, 0.05) is 5.56 Å². The van der Waals surface area contributed by atoms with Gasteiger partial charge in [0.15, 0.2) is 0 Å². The summed E-state index contributed by atoms with van der Waals surface area (Å²) >= 11 is 0. The number of esters is 1. The van der Waals surface area contributed by atoms with E-state index in [0.717, 1.165) is 0 Å². The number of methoxy groups -OCH3 is 1. The molecule has 0 saturated heterocycles. The molecule has 19 heavy (non-hydrogen) atoms. The lowest BCUT2D eigenvalue weighted by molar-refractivity contribution is -0.145. The van der Waals surface area contributed by atoms with Gasteiger partial charge in [0.25, 0.3) is 12.1 Å². The summed E-state index contributed by atoms with van der Waals surface area (Å²) in [6.45, 7) is 1.69. The van der Waals surface area contributed by atoms with Crippen LogP contribution in [0.15, 0.2) is 29.4 Å². The molecule has 0 saturated carbocycles. The predicted octanol–water partition coefficient (Wildman–Crippen LogP) is 1.08. The molecule has 0 bridgehead atoms. The lowest BCUT2D eigenvalue weighted by atomic mass is 10.2. The highest BCUT2D eigenvalue weighted by atomic mass is 16.5. The fraction of sp³-hybridized carbons (Fsp3) is 0.333. The van der Waals surface area contributed by atoms with Gasteiger partial charge in [-0.1, -0.05) is 0 Å². The average Bonchev–Trinajstić information content (AvgIpc) is 2.44. The minimum atomic E-state index is -1.55. The number of nitrogens with zero attached hydrogens (tertiary/aromatic N) is 1. The third kappa shape index (κ3) is 4.06. The zero-order valence-electron chi connectivity index (χ0n) is 10.6. The molecule has 0 radical (unpaired) electrons. The number of carbonyl (C=O) groups is 2. The Kier molecular flexibility index (Phi) is 5.46. The maximum absolute atomic E-state index is 11.8. The van der Waals surface area contributed by atoms with E-state index >= 15 is 0 Å². The highest BCUT2D eigenvalue weighted by molar-refractivity contribution is 5.96. The van der Waals surface area contributed by atoms with E-state index in [4.69, 9.17) is 4.74 Å². The highest BCUT2D eigenvalue weighted by Gasteiger charge is 2.23. The molecule has 1 unspecified atom stereocenters. The molecule has 1 aromatic carbocycles. The fourth-order valence-corrected chi connectivity index (χ4v) is 1.30. The highest BCUT2D eigenvalue weighted by Crippen LogP contribution is 2.11. The van der Waals surface area contributed by atoms with Gasteiger partial charge < -0.3 is 14.8 Å². The number of nitrogens with one attached hydrogen (secondary N) is 1. The third-order valence-electron chi connectivity index (χ3n) is 2.24. The molecule has 0 aliphatic carbocycles. The van der Waals surface area contributed by atoms with E-state index in [0.29, 0.717) is 5.75 Å². The van der Waals surface area contributed by atoms with Crippen molar-refractivity contribution in [3.63, 3.8) is 0 Å². The van der Waals surface area contributed by atoms with Crippen molar-refractivity contribution >= 4 is 11.9 Å². The van der Waals surface area contributed by atoms with Gasteiger partial charge in [0.2, 0.25) is 0 Å². The molecule has 0 aromatic heterocycles. The first-order valence-electron chi connectivity index (χ1n) is 5.56. The van der Waals surface area contributed by atoms with Gasteiger partial charge in [-0.05, 0) is 36.4 Å². The number of carbonyl (C=O) groups excluding carboxylic acids is 2. The minimum Gasteiger partial charge on any atom is -0.497 e. The smallest absolute Gasteiger partial charge is 0.355 e. The molecule has 1 N–H and O–H groups in total. The zero-order valence-corrected chi connectivity index (χ0v) is 10.6. The molecule has 0 spiro atoms. The molecule has 0 aliphatic rings. The van der Waals surface area contributed by atoms with Crippen molar-refractivity contribution in [1.82, 2.24) is 5.32 Å². The Hall–Kier alpha value is -2.44. The van der Waals surface area contributed by atoms with Crippen molar-refractivity contribution in [3.8, 4) is 5.75 Å². The lowest BCUT2D eigenvalue weighted by Crippen LogP contribution is -2.40. The topological polar surface area (TPSA) is 94.1 Å². The molecular formula is C12H14N2O5. The summed E-state index contributed by atoms with van der Waals surface area (Å²) in [5.74, 6) is -0.897. The number of hydrogen-bond donors (Lipinski definition) is 1. The second-order valence-electron chi connectivity index (χ2n) is 3.46. The Labute approximate surface area is 109 Å². The van der Waals surface area contributed by atoms with Crippen LogP contribution >= 0.6 is 0 Å². The Morgan fingerprint density at radius 2 is 1.95 bits per heavy atom. The molecule has 0 aliphatic heterocycles. The van der Waals surface area contributed by atoms with E-state index < -0.39 is 18.0 Å². The van der Waals surface area contributed by atoms with Gasteiger partial charge in [-0.3, -0.25) is 4.79 Å². The molecule has 1 aromatic rings. The van der Waals surface area contributed by atoms with Crippen LogP contribution < -0.4 is 10.1 Å². The van der Waals surface area contributed by atoms with E-state index in [1.165, 1.54) is 19.2 Å². The minimum absolute atomic E-state index is 0.100. The Morgan fingerprint density at radius 3 is 2.42 bits per heavy atom. The number of amides is 1. The van der Waals surface area contributed by atoms with Gasteiger partial charge >= 0.3 is 5.97 Å². The monoisotopic (exact) mass is 266 g/mol. The van der Waals surface area contributed by atoms with Crippen molar-refractivity contribution in [2.45, 2.75) is 13.1 Å². The van der Waals surface area contributed by atoms with Crippen LogP contribution in [-0.2, 0) is 9.53 Å². The van der Waals surface area contributed by atoms with Crippen LogP contribution in [0.3, 0.4) is 0 Å². The van der Waals surface area contributed by atoms with Crippen LogP contribution in [0.25, 0.3) is 0 Å². The third-order valence-corrected chi connectivity index (χ3v) is 2.24. The van der Waals surface area contributed by atoms with Crippen molar-refractivity contribution < 1.29 is 19.1 Å². The van der Waals surface area contributed by atoms with Gasteiger partial charge in [-0.2, -0.15) is 0 Å². The van der Waals surface area contributed by atoms with E-state index in [1.807, 2.05) is 0 Å². The first-order chi connectivity index (χ1) is 9.12. The van der Waals surface area contributed by atoms with Gasteiger partial charge in [0.1, 0.15) is 5.75 Å². The number of benzene rings is 1. The molecular weight excluding hydrogens is 252 g/mol. The Balaban J connectivity index is 2.71. The molecule has 1 atom stereocenters. The second-order valence-corrected chi connectivity index (χ2v) is 3.46. The zero-order chi connectivity index (χ0) is 14.3. The lowest BCUT2D eigenvalue weighted by Gasteiger charge is -2.10. The van der Waals surface area contributed by atoms with Crippen LogP contribution in [0.2, 0.25) is 0 Å². The molecule has 102 valence electrons. The number of hydrogen-bond acceptors (Lipinski definition) is 6. The van der Waals surface area contributed by atoms with Gasteiger partial charge in [-0.15, -0.1) is 4.91 Å². The van der Waals surface area contributed by atoms with Gasteiger partial charge in [-0.25, -0.2) is 4.79 Å². The van der Waals surface area contributed by atoms with Crippen molar-refractivity contribution in [2.75, 3.05) is 13.7 Å². The summed E-state index contributed by atoms with van der Waals surface area (Å²) in [6.07, 6.45) is -1.55. The van der Waals surface area contributed by atoms with E-state index in [-0.39, 0.29) is 12.2 Å². The normalized spacial score (nSPS) is 11.3. The largest absolute Gasteiger partial charge is 0.497 e. The van der Waals surface area contributed by atoms with Crippen molar-refractivity contribution in [1.29, 1.82) is 0 Å². The summed E-state index contributed by atoms with van der Waals surface area (Å²) < 4.78 is 9.55. The summed E-state index contributed by atoms with van der Waals surface area (Å²) in [7, 11) is 1.50. The summed E-state index contributed by atoms with van der Waals surface area (Å²) in [5, 5.41) is 4.70. The molecule has 1 amide bonds. The van der Waals surface area contributed by atoms with Crippen LogP contribution in [0, 0.1) is 4.91 Å². The van der Waals surface area contributed by atoms with E-state index in [1.54, 1.807) is 19.1 Å². The van der Waals surface area contributed by atoms with Crippen LogP contribution in [0.1, 0.15) is 17.3 Å². The molecule has 0 heterocycles. The average molecular weight is 266 g/mol. The maximum atomic E-state index is 11.8. The molecule has 1 rings (SSSR count). The van der Waals surface area contributed by atoms with Crippen molar-refractivity contribution in [2.24, 2.45) is 5.18 Å². The second kappa shape index (κ2) is 7.10. The maximum Gasteiger partial charge on any atom is 0.355 e. The molecule has 7 nitrogen and oxygen atoms in total. The van der Waals surface area contributed by atoms with Crippen LogP contribution in [0.4, 0.5) is 0 Å². The standard InChI is InChI=1S/C12H14N2O5/c1-3-19-12(16)10(14-17)13-11(15)8-4-6-9(18-2)7-5-8/h4-7,10H,3H2,1-2H3,(H,13,15). The fourth-order valence-electron chi connectivity index (χ4n) is 1.30. The Bertz CT molecular complexity index is 458. The summed E-state index contributed by atoms with van der Waals surface area (Å²) in [6, 6.07) is 6.17. The Morgan fingerprint density at radius 1 is 1.32 bits per heavy atom. The quantitative estimate of drug-likeness (QED) is 0.614. The van der Waals surface area contributed by atoms with Crippen LogP contribution in [0.5, 0.6) is 5.75 Å². The van der Waals surface area contributed by atoms with Gasteiger partial charge in [0.05, 0.1) is 13.7 Å². The predicted molar refractivity (Wildman–Crippen MR) is 66.7 cm³/mol. The van der Waals surface area contributed by atoms with Crippen molar-refractivity contribution in [3.05, 3.63) is 34.7 Å². The summed E-state index contributed by atoms with van der Waals surface area (Å²) in [5.41, 5.74) is 0.277.